The number of rotatable bonds is 4. The number of nitrogens with two attached hydrogens (primary N) is 1. The molecule has 0 radical (unpaired) electrons. The van der Waals surface area contributed by atoms with E-state index in [1.807, 2.05) is 35.1 Å². The maximum absolute atomic E-state index is 5.63. The fraction of sp³-hybridized carbons (Fsp3) is 0.250. The highest BCUT2D eigenvalue weighted by molar-refractivity contribution is 7.98. The third-order valence-electron chi connectivity index (χ3n) is 2.30. The highest BCUT2D eigenvalue weighted by Crippen LogP contribution is 2.23. The van der Waals surface area contributed by atoms with Gasteiger partial charge in [0.25, 0.3) is 0 Å². The fourth-order valence-electron chi connectivity index (χ4n) is 1.38. The average Bonchev–Trinajstić information content (AvgIpc) is 2.76. The summed E-state index contributed by atoms with van der Waals surface area (Å²) in [6.07, 6.45) is 4.01. The van der Waals surface area contributed by atoms with Crippen molar-refractivity contribution in [1.82, 2.24) is 9.78 Å². The van der Waals surface area contributed by atoms with Crippen LogP contribution in [0.3, 0.4) is 0 Å². The zero-order valence-electron chi connectivity index (χ0n) is 9.26. The molecule has 4 heteroatoms. The van der Waals surface area contributed by atoms with Crippen LogP contribution < -0.4 is 5.73 Å². The Bertz CT molecular complexity index is 448. The van der Waals surface area contributed by atoms with Crippen molar-refractivity contribution in [3.05, 3.63) is 42.2 Å². The number of nitrogen functional groups attached to an aromatic ring is 1. The zero-order valence-corrected chi connectivity index (χ0v) is 10.1. The molecule has 0 amide bonds. The SMILES string of the molecule is CCn1cc(CSc2ccc(N)cc2)cn1. The molecule has 16 heavy (non-hydrogen) atoms. The average molecular weight is 233 g/mol. The highest BCUT2D eigenvalue weighted by atomic mass is 32.2. The molecule has 0 fully saturated rings. The lowest BCUT2D eigenvalue weighted by Gasteiger charge is -2.00. The van der Waals surface area contributed by atoms with Crippen molar-refractivity contribution in [3.8, 4) is 0 Å². The quantitative estimate of drug-likeness (QED) is 0.652. The summed E-state index contributed by atoms with van der Waals surface area (Å²) < 4.78 is 1.94. The van der Waals surface area contributed by atoms with Crippen LogP contribution in [0.25, 0.3) is 0 Å². The lowest BCUT2D eigenvalue weighted by Crippen LogP contribution is -1.92. The topological polar surface area (TPSA) is 43.8 Å². The van der Waals surface area contributed by atoms with E-state index in [-0.39, 0.29) is 0 Å². The minimum absolute atomic E-state index is 0.808. The number of aryl methyl sites for hydroxylation is 1. The molecule has 2 N–H and O–H groups in total. The Morgan fingerprint density at radius 2 is 2.06 bits per heavy atom. The molecule has 0 atom stereocenters. The first-order valence-corrected chi connectivity index (χ1v) is 6.26. The molecule has 0 aliphatic rings. The Labute approximate surface area is 99.7 Å². The largest absolute Gasteiger partial charge is 0.399 e. The second kappa shape index (κ2) is 5.07. The van der Waals surface area contributed by atoms with Crippen LogP contribution in [0, 0.1) is 0 Å². The van der Waals surface area contributed by atoms with Crippen LogP contribution >= 0.6 is 11.8 Å². The number of anilines is 1. The summed E-state index contributed by atoms with van der Waals surface area (Å²) in [5, 5.41) is 4.24. The van der Waals surface area contributed by atoms with Gasteiger partial charge in [0.15, 0.2) is 0 Å². The van der Waals surface area contributed by atoms with Gasteiger partial charge in [0.2, 0.25) is 0 Å². The Hall–Kier alpha value is -1.42. The molecule has 0 unspecified atom stereocenters. The van der Waals surface area contributed by atoms with Crippen molar-refractivity contribution in [3.63, 3.8) is 0 Å². The van der Waals surface area contributed by atoms with Crippen LogP contribution in [0.4, 0.5) is 5.69 Å². The summed E-state index contributed by atoms with van der Waals surface area (Å²) in [7, 11) is 0. The van der Waals surface area contributed by atoms with Crippen LogP contribution in [0.15, 0.2) is 41.6 Å². The van der Waals surface area contributed by atoms with Gasteiger partial charge in [0, 0.05) is 34.6 Å². The first-order chi connectivity index (χ1) is 7.78. The van der Waals surface area contributed by atoms with Gasteiger partial charge in [0.1, 0.15) is 0 Å². The zero-order chi connectivity index (χ0) is 11.4. The molecule has 0 aliphatic carbocycles. The second-order valence-electron chi connectivity index (χ2n) is 3.56. The summed E-state index contributed by atoms with van der Waals surface area (Å²) in [6, 6.07) is 7.95. The second-order valence-corrected chi connectivity index (χ2v) is 4.61. The standard InChI is InChI=1S/C12H15N3S/c1-2-15-8-10(7-14-15)9-16-12-5-3-11(13)4-6-12/h3-8H,2,9,13H2,1H3. The molecular weight excluding hydrogens is 218 g/mol. The molecule has 0 spiro atoms. The lowest BCUT2D eigenvalue weighted by molar-refractivity contribution is 0.659. The smallest absolute Gasteiger partial charge is 0.0530 e. The summed E-state index contributed by atoms with van der Waals surface area (Å²) >= 11 is 1.80. The van der Waals surface area contributed by atoms with Crippen molar-refractivity contribution in [1.29, 1.82) is 0 Å². The van der Waals surface area contributed by atoms with Gasteiger partial charge in [-0.25, -0.2) is 0 Å². The molecule has 84 valence electrons. The molecule has 3 nitrogen and oxygen atoms in total. The van der Waals surface area contributed by atoms with Gasteiger partial charge < -0.3 is 5.73 Å². The van der Waals surface area contributed by atoms with Crippen molar-refractivity contribution in [2.24, 2.45) is 0 Å². The minimum Gasteiger partial charge on any atom is -0.399 e. The third-order valence-corrected chi connectivity index (χ3v) is 3.38. The summed E-state index contributed by atoms with van der Waals surface area (Å²) in [5.74, 6) is 0.948. The first kappa shape index (κ1) is 11.1. The third kappa shape index (κ3) is 2.79. The van der Waals surface area contributed by atoms with Gasteiger partial charge >= 0.3 is 0 Å². The predicted molar refractivity (Wildman–Crippen MR) is 68.3 cm³/mol. The van der Waals surface area contributed by atoms with Crippen LogP contribution in [0.1, 0.15) is 12.5 Å². The van der Waals surface area contributed by atoms with E-state index in [1.54, 1.807) is 11.8 Å². The first-order valence-electron chi connectivity index (χ1n) is 5.27. The summed E-state index contributed by atoms with van der Waals surface area (Å²) in [6.45, 7) is 3.01. The van der Waals surface area contributed by atoms with E-state index in [1.165, 1.54) is 10.5 Å². The molecule has 0 bridgehead atoms. The van der Waals surface area contributed by atoms with Gasteiger partial charge in [-0.2, -0.15) is 5.10 Å². The number of benzene rings is 1. The van der Waals surface area contributed by atoms with Gasteiger partial charge in [-0.1, -0.05) is 0 Å². The van der Waals surface area contributed by atoms with Crippen molar-refractivity contribution < 1.29 is 0 Å². The van der Waals surface area contributed by atoms with Crippen LogP contribution in [0.5, 0.6) is 0 Å². The van der Waals surface area contributed by atoms with E-state index in [2.05, 4.69) is 18.2 Å². The van der Waals surface area contributed by atoms with E-state index in [0.717, 1.165) is 18.0 Å². The predicted octanol–water partition coefficient (Wildman–Crippen LogP) is 2.78. The summed E-state index contributed by atoms with van der Waals surface area (Å²) in [4.78, 5) is 1.23. The van der Waals surface area contributed by atoms with Crippen LogP contribution in [-0.4, -0.2) is 9.78 Å². The van der Waals surface area contributed by atoms with E-state index >= 15 is 0 Å². The molecule has 1 heterocycles. The molecule has 0 aliphatic heterocycles. The van der Waals surface area contributed by atoms with E-state index in [9.17, 15) is 0 Å². The van der Waals surface area contributed by atoms with Crippen LogP contribution in [-0.2, 0) is 12.3 Å². The molecule has 0 saturated carbocycles. The number of thioether (sulfide) groups is 1. The number of nitrogens with zero attached hydrogens (tertiary/aromatic N) is 2. The van der Waals surface area contributed by atoms with Gasteiger partial charge in [-0.3, -0.25) is 4.68 Å². The van der Waals surface area contributed by atoms with Crippen LogP contribution in [0.2, 0.25) is 0 Å². The monoisotopic (exact) mass is 233 g/mol. The maximum atomic E-state index is 5.63. The number of hydrogen-bond donors (Lipinski definition) is 1. The summed E-state index contributed by atoms with van der Waals surface area (Å²) in [5.41, 5.74) is 7.69. The normalized spacial score (nSPS) is 10.6. The molecule has 1 aromatic heterocycles. The van der Waals surface area contributed by atoms with E-state index in [0.29, 0.717) is 0 Å². The highest BCUT2D eigenvalue weighted by Gasteiger charge is 1.99. The Morgan fingerprint density at radius 3 is 2.69 bits per heavy atom. The Balaban J connectivity index is 1.94. The fourth-order valence-corrected chi connectivity index (χ4v) is 2.20. The minimum atomic E-state index is 0.808. The number of aromatic nitrogens is 2. The Kier molecular flexibility index (Phi) is 3.51. The number of hydrogen-bond acceptors (Lipinski definition) is 3. The van der Waals surface area contributed by atoms with Gasteiger partial charge in [0.05, 0.1) is 6.20 Å². The van der Waals surface area contributed by atoms with E-state index < -0.39 is 0 Å². The molecular formula is C12H15N3S. The van der Waals surface area contributed by atoms with Gasteiger partial charge in [-0.15, -0.1) is 11.8 Å². The molecule has 0 saturated heterocycles. The Morgan fingerprint density at radius 1 is 1.31 bits per heavy atom. The molecule has 1 aromatic carbocycles. The van der Waals surface area contributed by atoms with Crippen molar-refractivity contribution >= 4 is 17.4 Å². The van der Waals surface area contributed by atoms with Crippen molar-refractivity contribution in [2.75, 3.05) is 5.73 Å². The molecule has 2 aromatic rings. The van der Waals surface area contributed by atoms with Gasteiger partial charge in [-0.05, 0) is 31.2 Å². The molecule has 2 rings (SSSR count). The van der Waals surface area contributed by atoms with E-state index in [4.69, 9.17) is 5.73 Å². The van der Waals surface area contributed by atoms with Crippen molar-refractivity contribution in [2.45, 2.75) is 24.1 Å². The maximum Gasteiger partial charge on any atom is 0.0530 e. The lowest BCUT2D eigenvalue weighted by atomic mass is 10.3.